The lowest BCUT2D eigenvalue weighted by molar-refractivity contribution is -0.0409. The molecule has 0 N–H and O–H groups in total. The minimum absolute atomic E-state index is 0.154. The van der Waals surface area contributed by atoms with E-state index in [2.05, 4.69) is 12.1 Å². The molecule has 1 aromatic rings. The minimum Gasteiger partial charge on any atom is -0.449 e. The van der Waals surface area contributed by atoms with E-state index in [9.17, 15) is 12.9 Å². The molecule has 0 spiro atoms. The highest BCUT2D eigenvalue weighted by Gasteiger charge is 2.74. The van der Waals surface area contributed by atoms with Crippen LogP contribution in [0.4, 0.5) is 12.9 Å². The fourth-order valence-corrected chi connectivity index (χ4v) is 4.50. The van der Waals surface area contributed by atoms with Crippen LogP contribution in [0.1, 0.15) is 41.5 Å². The lowest BCUT2D eigenvalue weighted by Crippen LogP contribution is -2.67. The van der Waals surface area contributed by atoms with E-state index in [0.717, 1.165) is 11.1 Å². The van der Waals surface area contributed by atoms with Crippen molar-refractivity contribution in [3.63, 3.8) is 0 Å². The molecule has 3 aliphatic rings. The Labute approximate surface area is 106 Å². The average molecular weight is 253 g/mol. The number of aryl methyl sites for hydroxylation is 3. The number of benzene rings is 1. The van der Waals surface area contributed by atoms with E-state index in [1.165, 1.54) is 11.1 Å². The molecule has 0 heterocycles. The number of hydrogen-bond acceptors (Lipinski definition) is 0. The lowest BCUT2D eigenvalue weighted by Gasteiger charge is -2.76. The van der Waals surface area contributed by atoms with E-state index in [1.807, 2.05) is 20.8 Å². The first-order valence-corrected chi connectivity index (χ1v) is 6.47. The van der Waals surface area contributed by atoms with Crippen LogP contribution in [0.3, 0.4) is 0 Å². The summed E-state index contributed by atoms with van der Waals surface area (Å²) in [5, 5.41) is -1.29. The third-order valence-electron chi connectivity index (χ3n) is 4.97. The van der Waals surface area contributed by atoms with Crippen LogP contribution in [0.2, 0.25) is 5.31 Å². The van der Waals surface area contributed by atoms with Gasteiger partial charge in [0.05, 0.1) is 0 Å². The second-order valence-electron chi connectivity index (χ2n) is 6.52. The van der Waals surface area contributed by atoms with Gasteiger partial charge >= 0.3 is 6.98 Å². The Balaban J connectivity index is 1.94. The molecule has 3 fully saturated rings. The summed E-state index contributed by atoms with van der Waals surface area (Å²) in [5.74, 6) is 0. The molecule has 0 aromatic heterocycles. The summed E-state index contributed by atoms with van der Waals surface area (Å²) in [6, 6.07) is 4.18. The van der Waals surface area contributed by atoms with E-state index in [1.54, 1.807) is 0 Å². The van der Waals surface area contributed by atoms with Crippen LogP contribution in [0.5, 0.6) is 0 Å². The molecule has 0 amide bonds. The molecule has 98 valence electrons. The molecule has 0 saturated heterocycles. The molecule has 4 rings (SSSR count). The highest BCUT2D eigenvalue weighted by atomic mass is 19.4. The number of hydrogen-bond donors (Lipinski definition) is 0. The number of halogens is 3. The van der Waals surface area contributed by atoms with Crippen molar-refractivity contribution in [3.8, 4) is 0 Å². The summed E-state index contributed by atoms with van der Waals surface area (Å²) in [4.78, 5) is 0. The van der Waals surface area contributed by atoms with Gasteiger partial charge in [-0.25, -0.2) is 0 Å². The maximum Gasteiger partial charge on any atom is 0.484 e. The lowest BCUT2D eigenvalue weighted by atomic mass is 9.23. The third kappa shape index (κ3) is 1.29. The largest absolute Gasteiger partial charge is 0.484 e. The topological polar surface area (TPSA) is 0 Å². The van der Waals surface area contributed by atoms with Crippen LogP contribution in [0, 0.1) is 20.8 Å². The Hall–Kier alpha value is -0.925. The molecule has 3 aliphatic carbocycles. The Morgan fingerprint density at radius 3 is 1.78 bits per heavy atom. The van der Waals surface area contributed by atoms with Gasteiger partial charge < -0.3 is 12.9 Å². The second kappa shape index (κ2) is 3.15. The molecule has 3 saturated carbocycles. The highest BCUT2D eigenvalue weighted by molar-refractivity contribution is 6.63. The van der Waals surface area contributed by atoms with Crippen molar-refractivity contribution in [3.05, 3.63) is 34.4 Å². The summed E-state index contributed by atoms with van der Waals surface area (Å²) in [6.07, 6.45) is 0.983. The van der Waals surface area contributed by atoms with Crippen LogP contribution >= 0.6 is 0 Å². The van der Waals surface area contributed by atoms with Gasteiger partial charge in [-0.3, -0.25) is 0 Å². The van der Waals surface area contributed by atoms with E-state index < -0.39 is 12.3 Å². The van der Waals surface area contributed by atoms with E-state index in [4.69, 9.17) is 0 Å². The van der Waals surface area contributed by atoms with Crippen LogP contribution in [0.15, 0.2) is 12.1 Å². The molecule has 0 nitrogen and oxygen atoms in total. The summed E-state index contributed by atoms with van der Waals surface area (Å²) in [6.45, 7) is 1.43. The zero-order valence-electron chi connectivity index (χ0n) is 11.0. The quantitative estimate of drug-likeness (QED) is 0.674. The van der Waals surface area contributed by atoms with Crippen molar-refractivity contribution in [2.45, 2.75) is 50.8 Å². The zero-order chi connectivity index (χ0) is 13.3. The monoisotopic (exact) mass is 253 g/mol. The molecule has 18 heavy (non-hydrogen) atoms. The summed E-state index contributed by atoms with van der Waals surface area (Å²) >= 11 is 0. The molecule has 2 bridgehead atoms. The van der Waals surface area contributed by atoms with E-state index in [-0.39, 0.29) is 5.41 Å². The molecule has 4 heteroatoms. The fraction of sp³-hybridized carbons (Fsp3) is 0.571. The maximum absolute atomic E-state index is 12.9. The standard InChI is InChI=1S/C14H17BF3/c1-9-4-10(2)12(11(3)5-9)13-6-14(7-13,8-13)15(16,17)18/h4-5H,6-8H2,1-3H3/q-1. The molecule has 1 aromatic carbocycles. The molecule has 0 aliphatic heterocycles. The van der Waals surface area contributed by atoms with Gasteiger partial charge in [0.2, 0.25) is 0 Å². The zero-order valence-corrected chi connectivity index (χ0v) is 11.0. The highest BCUT2D eigenvalue weighted by Crippen LogP contribution is 2.83. The van der Waals surface area contributed by atoms with Gasteiger partial charge in [0.25, 0.3) is 0 Å². The van der Waals surface area contributed by atoms with Gasteiger partial charge in [0.1, 0.15) is 0 Å². The van der Waals surface area contributed by atoms with Gasteiger partial charge in [0, 0.05) is 0 Å². The molecule has 0 atom stereocenters. The van der Waals surface area contributed by atoms with Crippen molar-refractivity contribution < 1.29 is 12.9 Å². The van der Waals surface area contributed by atoms with Crippen LogP contribution < -0.4 is 0 Å². The van der Waals surface area contributed by atoms with Gasteiger partial charge in [-0.2, -0.15) is 0 Å². The predicted molar refractivity (Wildman–Crippen MR) is 68.0 cm³/mol. The van der Waals surface area contributed by atoms with Crippen molar-refractivity contribution in [2.75, 3.05) is 0 Å². The van der Waals surface area contributed by atoms with Gasteiger partial charge in [-0.05, 0) is 42.9 Å². The first kappa shape index (κ1) is 12.1. The van der Waals surface area contributed by atoms with Gasteiger partial charge in [0.15, 0.2) is 0 Å². The third-order valence-corrected chi connectivity index (χ3v) is 4.97. The molecular formula is C14H17BF3-. The summed E-state index contributed by atoms with van der Waals surface area (Å²) in [7, 11) is 0. The first-order valence-electron chi connectivity index (χ1n) is 6.47. The fourth-order valence-electron chi connectivity index (χ4n) is 4.50. The predicted octanol–water partition coefficient (Wildman–Crippen LogP) is 4.63. The van der Waals surface area contributed by atoms with Crippen LogP contribution in [-0.4, -0.2) is 6.98 Å². The van der Waals surface area contributed by atoms with Crippen LogP contribution in [-0.2, 0) is 5.41 Å². The van der Waals surface area contributed by atoms with Gasteiger partial charge in [-0.15, -0.1) is 0 Å². The minimum atomic E-state index is -4.66. The summed E-state index contributed by atoms with van der Waals surface area (Å²) < 4.78 is 38.8. The normalized spacial score (nSPS) is 33.9. The van der Waals surface area contributed by atoms with E-state index >= 15 is 0 Å². The first-order chi connectivity index (χ1) is 8.19. The Bertz CT molecular complexity index is 488. The maximum atomic E-state index is 12.9. The SMILES string of the molecule is Cc1cc(C)c(C23CC([B-](F)(F)F)(C2)C3)c(C)c1. The Kier molecular flexibility index (Phi) is 2.12. The Morgan fingerprint density at radius 2 is 1.39 bits per heavy atom. The second-order valence-corrected chi connectivity index (χ2v) is 6.52. The molecular weight excluding hydrogens is 236 g/mol. The van der Waals surface area contributed by atoms with Crippen molar-refractivity contribution in [2.24, 2.45) is 0 Å². The Morgan fingerprint density at radius 1 is 0.944 bits per heavy atom. The van der Waals surface area contributed by atoms with Gasteiger partial charge in [-0.1, -0.05) is 42.3 Å². The molecule has 0 radical (unpaired) electrons. The van der Waals surface area contributed by atoms with Crippen molar-refractivity contribution in [1.29, 1.82) is 0 Å². The smallest absolute Gasteiger partial charge is 0.449 e. The summed E-state index contributed by atoms with van der Waals surface area (Å²) in [5.41, 5.74) is 4.55. The van der Waals surface area contributed by atoms with Crippen molar-refractivity contribution in [1.82, 2.24) is 0 Å². The van der Waals surface area contributed by atoms with E-state index in [0.29, 0.717) is 19.3 Å². The van der Waals surface area contributed by atoms with Crippen molar-refractivity contribution >= 4 is 6.98 Å². The van der Waals surface area contributed by atoms with Crippen LogP contribution in [0.25, 0.3) is 0 Å². The number of rotatable bonds is 2. The average Bonchev–Trinajstić information content (AvgIpc) is 2.01. The molecule has 0 unspecified atom stereocenters.